The number of rotatable bonds is 3. The summed E-state index contributed by atoms with van der Waals surface area (Å²) in [5.41, 5.74) is -1.13. The normalized spacial score (nSPS) is 10.4. The molecule has 1 rings (SSSR count). The van der Waals surface area contributed by atoms with Crippen LogP contribution in [0.2, 0.25) is 0 Å². The van der Waals surface area contributed by atoms with Gasteiger partial charge in [0, 0.05) is 6.07 Å². The Balaban J connectivity index is 3.32. The summed E-state index contributed by atoms with van der Waals surface area (Å²) in [6, 6.07) is 0.784. The number of hydrogen-bond donors (Lipinski definition) is 1. The standard InChI is InChI=1S/C8H9F2NO3/c1-13-6-5(12)3-4(7(9)10)11-8(6)14-2/h3,7H,1-2H3,(H,11,12). The lowest BCUT2D eigenvalue weighted by molar-refractivity contribution is 0.144. The van der Waals surface area contributed by atoms with Gasteiger partial charge in [0.2, 0.25) is 17.1 Å². The molecule has 0 amide bonds. The van der Waals surface area contributed by atoms with E-state index in [4.69, 9.17) is 4.74 Å². The molecule has 0 aromatic carbocycles. The Bertz CT molecular complexity index is 375. The molecule has 0 saturated carbocycles. The average molecular weight is 205 g/mol. The van der Waals surface area contributed by atoms with Gasteiger partial charge in [0.25, 0.3) is 6.43 Å². The number of ether oxygens (including phenoxy) is 2. The topological polar surface area (TPSA) is 51.3 Å². The molecule has 0 radical (unpaired) electrons. The van der Waals surface area contributed by atoms with Crippen LogP contribution in [0.1, 0.15) is 12.1 Å². The van der Waals surface area contributed by atoms with Gasteiger partial charge in [-0.2, -0.15) is 0 Å². The Morgan fingerprint density at radius 2 is 2.00 bits per heavy atom. The maximum Gasteiger partial charge on any atom is 0.278 e. The minimum atomic E-state index is -2.75. The molecule has 14 heavy (non-hydrogen) atoms. The van der Waals surface area contributed by atoms with Gasteiger partial charge in [-0.1, -0.05) is 0 Å². The van der Waals surface area contributed by atoms with Gasteiger partial charge in [0.15, 0.2) is 0 Å². The molecule has 1 heterocycles. The molecule has 4 nitrogen and oxygen atoms in total. The number of aromatic nitrogens is 1. The number of H-pyrrole nitrogens is 1. The van der Waals surface area contributed by atoms with Crippen LogP contribution in [0.5, 0.6) is 11.6 Å². The van der Waals surface area contributed by atoms with E-state index < -0.39 is 17.5 Å². The fourth-order valence-electron chi connectivity index (χ4n) is 0.997. The minimum Gasteiger partial charge on any atom is -0.488 e. The lowest BCUT2D eigenvalue weighted by atomic mass is 10.3. The monoisotopic (exact) mass is 205 g/mol. The number of pyridine rings is 1. The second-order valence-electron chi connectivity index (χ2n) is 2.46. The second-order valence-corrected chi connectivity index (χ2v) is 2.46. The van der Waals surface area contributed by atoms with E-state index in [9.17, 15) is 13.6 Å². The summed E-state index contributed by atoms with van der Waals surface area (Å²) in [7, 11) is 2.51. The Kier molecular flexibility index (Phi) is 3.06. The number of nitrogens with one attached hydrogen (secondary N) is 1. The molecule has 0 aliphatic heterocycles. The Morgan fingerprint density at radius 3 is 2.43 bits per heavy atom. The van der Waals surface area contributed by atoms with Crippen molar-refractivity contribution in [2.75, 3.05) is 14.2 Å². The molecule has 0 aliphatic carbocycles. The molecule has 1 aromatic heterocycles. The van der Waals surface area contributed by atoms with E-state index in [-0.39, 0.29) is 11.6 Å². The zero-order chi connectivity index (χ0) is 10.7. The van der Waals surface area contributed by atoms with Crippen LogP contribution >= 0.6 is 0 Å². The van der Waals surface area contributed by atoms with Crippen molar-refractivity contribution in [3.8, 4) is 11.6 Å². The molecule has 0 atom stereocenters. The van der Waals surface area contributed by atoms with Gasteiger partial charge < -0.3 is 14.5 Å². The minimum absolute atomic E-state index is 0.102. The number of aromatic amines is 1. The first kappa shape index (κ1) is 10.5. The molecule has 1 N–H and O–H groups in total. The highest BCUT2D eigenvalue weighted by atomic mass is 19.3. The van der Waals surface area contributed by atoms with E-state index in [2.05, 4.69) is 9.72 Å². The van der Waals surface area contributed by atoms with E-state index in [1.807, 2.05) is 0 Å². The van der Waals surface area contributed by atoms with Crippen LogP contribution in [0, 0.1) is 0 Å². The zero-order valence-electron chi connectivity index (χ0n) is 7.64. The van der Waals surface area contributed by atoms with Crippen molar-refractivity contribution in [1.82, 2.24) is 4.98 Å². The highest BCUT2D eigenvalue weighted by Crippen LogP contribution is 2.23. The van der Waals surface area contributed by atoms with Gasteiger partial charge in [0.05, 0.1) is 19.9 Å². The molecule has 0 spiro atoms. The highest BCUT2D eigenvalue weighted by molar-refractivity contribution is 5.35. The van der Waals surface area contributed by atoms with Crippen molar-refractivity contribution in [3.63, 3.8) is 0 Å². The number of alkyl halides is 2. The molecule has 0 saturated heterocycles. The smallest absolute Gasteiger partial charge is 0.278 e. The first-order chi connectivity index (χ1) is 6.60. The summed E-state index contributed by atoms with van der Waals surface area (Å²) in [5.74, 6) is -0.216. The Labute approximate surface area is 78.5 Å². The van der Waals surface area contributed by atoms with E-state index in [1.54, 1.807) is 0 Å². The van der Waals surface area contributed by atoms with E-state index in [1.165, 1.54) is 14.2 Å². The lowest BCUT2D eigenvalue weighted by Crippen LogP contribution is -2.10. The van der Waals surface area contributed by atoms with Crippen molar-refractivity contribution < 1.29 is 18.3 Å². The van der Waals surface area contributed by atoms with Crippen molar-refractivity contribution in [3.05, 3.63) is 22.0 Å². The van der Waals surface area contributed by atoms with Crippen LogP contribution < -0.4 is 14.9 Å². The molecule has 0 unspecified atom stereocenters. The Hall–Kier alpha value is -1.59. The molecule has 0 bridgehead atoms. The summed E-state index contributed by atoms with van der Waals surface area (Å²) in [6.07, 6.45) is -2.75. The van der Waals surface area contributed by atoms with Gasteiger partial charge in [-0.15, -0.1) is 0 Å². The van der Waals surface area contributed by atoms with Crippen LogP contribution in [0.15, 0.2) is 10.9 Å². The van der Waals surface area contributed by atoms with Gasteiger partial charge in [-0.3, -0.25) is 4.79 Å². The summed E-state index contributed by atoms with van der Waals surface area (Å²) in [5, 5.41) is 0. The van der Waals surface area contributed by atoms with Crippen molar-refractivity contribution in [2.45, 2.75) is 6.43 Å². The fraction of sp³-hybridized carbons (Fsp3) is 0.375. The van der Waals surface area contributed by atoms with Crippen LogP contribution in [-0.4, -0.2) is 19.2 Å². The summed E-state index contributed by atoms with van der Waals surface area (Å²) in [4.78, 5) is 13.5. The second kappa shape index (κ2) is 4.08. The maximum atomic E-state index is 12.2. The fourth-order valence-corrected chi connectivity index (χ4v) is 0.997. The van der Waals surface area contributed by atoms with Gasteiger partial charge in [-0.05, 0) is 0 Å². The van der Waals surface area contributed by atoms with E-state index in [0.29, 0.717) is 0 Å². The van der Waals surface area contributed by atoms with Gasteiger partial charge in [0.1, 0.15) is 0 Å². The summed E-state index contributed by atoms with van der Waals surface area (Å²) < 4.78 is 33.8. The predicted octanol–water partition coefficient (Wildman–Crippen LogP) is 1.33. The summed E-state index contributed by atoms with van der Waals surface area (Å²) >= 11 is 0. The largest absolute Gasteiger partial charge is 0.488 e. The molecular formula is C8H9F2NO3. The first-order valence-electron chi connectivity index (χ1n) is 3.73. The molecular weight excluding hydrogens is 196 g/mol. The third-order valence-corrected chi connectivity index (χ3v) is 1.62. The first-order valence-corrected chi connectivity index (χ1v) is 3.73. The summed E-state index contributed by atoms with van der Waals surface area (Å²) in [6.45, 7) is 0. The number of methoxy groups -OCH3 is 2. The lowest BCUT2D eigenvalue weighted by Gasteiger charge is -2.08. The molecule has 0 fully saturated rings. The third-order valence-electron chi connectivity index (χ3n) is 1.62. The molecule has 6 heteroatoms. The number of halogens is 2. The number of hydrogen-bond acceptors (Lipinski definition) is 3. The molecule has 0 aliphatic rings. The maximum absolute atomic E-state index is 12.2. The predicted molar refractivity (Wildman–Crippen MR) is 45.1 cm³/mol. The molecule has 1 aromatic rings. The quantitative estimate of drug-likeness (QED) is 0.809. The van der Waals surface area contributed by atoms with Gasteiger partial charge >= 0.3 is 0 Å². The van der Waals surface area contributed by atoms with Crippen molar-refractivity contribution in [1.29, 1.82) is 0 Å². The van der Waals surface area contributed by atoms with Crippen molar-refractivity contribution >= 4 is 0 Å². The Morgan fingerprint density at radius 1 is 1.36 bits per heavy atom. The van der Waals surface area contributed by atoms with Crippen LogP contribution in [0.25, 0.3) is 0 Å². The van der Waals surface area contributed by atoms with E-state index in [0.717, 1.165) is 6.07 Å². The van der Waals surface area contributed by atoms with Crippen molar-refractivity contribution in [2.24, 2.45) is 0 Å². The molecule has 78 valence electrons. The van der Waals surface area contributed by atoms with Crippen LogP contribution in [-0.2, 0) is 0 Å². The zero-order valence-corrected chi connectivity index (χ0v) is 7.64. The van der Waals surface area contributed by atoms with Gasteiger partial charge in [-0.25, -0.2) is 8.78 Å². The van der Waals surface area contributed by atoms with E-state index >= 15 is 0 Å². The van der Waals surface area contributed by atoms with Crippen LogP contribution in [0.4, 0.5) is 8.78 Å². The van der Waals surface area contributed by atoms with Crippen LogP contribution in [0.3, 0.4) is 0 Å². The third kappa shape index (κ3) is 1.84. The SMILES string of the molecule is COc1[nH]c(C(F)F)cc(=O)c1OC. The highest BCUT2D eigenvalue weighted by Gasteiger charge is 2.15. The average Bonchev–Trinajstić information content (AvgIpc) is 2.16.